The van der Waals surface area contributed by atoms with E-state index in [2.05, 4.69) is 5.32 Å². The fraction of sp³-hybridized carbons (Fsp3) is 0.364. The number of nitrogens with one attached hydrogen (secondary N) is 1. The van der Waals surface area contributed by atoms with Crippen molar-refractivity contribution in [1.82, 2.24) is 5.32 Å². The van der Waals surface area contributed by atoms with Gasteiger partial charge in [0.15, 0.2) is 0 Å². The molecule has 0 saturated carbocycles. The monoisotopic (exact) mass is 256 g/mol. The second-order valence-electron chi connectivity index (χ2n) is 3.75. The molecule has 1 rings (SSSR count). The van der Waals surface area contributed by atoms with E-state index in [4.69, 9.17) is 5.11 Å². The Labute approximate surface area is 103 Å². The van der Waals surface area contributed by atoms with Crippen LogP contribution in [0.4, 0.5) is 10.1 Å². The van der Waals surface area contributed by atoms with Crippen molar-refractivity contribution in [3.8, 4) is 0 Å². The summed E-state index contributed by atoms with van der Waals surface area (Å²) in [5.41, 5.74) is 0.161. The zero-order valence-electron chi connectivity index (χ0n) is 9.56. The zero-order chi connectivity index (χ0) is 13.5. The minimum atomic E-state index is -0.877. The number of carbonyl (C=O) groups is 1. The molecule has 0 fully saturated rings. The van der Waals surface area contributed by atoms with E-state index in [1.807, 2.05) is 0 Å². The average molecular weight is 256 g/mol. The Bertz CT molecular complexity index is 451. The fourth-order valence-electron chi connectivity index (χ4n) is 1.44. The first-order valence-electron chi connectivity index (χ1n) is 5.35. The lowest BCUT2D eigenvalue weighted by molar-refractivity contribution is -0.385. The van der Waals surface area contributed by atoms with Crippen molar-refractivity contribution in [2.75, 3.05) is 6.54 Å². The van der Waals surface area contributed by atoms with Crippen LogP contribution in [-0.4, -0.2) is 22.5 Å². The summed E-state index contributed by atoms with van der Waals surface area (Å²) in [6.45, 7) is 0.717. The van der Waals surface area contributed by atoms with E-state index in [1.54, 1.807) is 0 Å². The van der Waals surface area contributed by atoms with Crippen molar-refractivity contribution in [3.63, 3.8) is 0 Å². The number of hydrogen-bond donors (Lipinski definition) is 2. The molecular formula is C11H13FN2O4. The molecule has 0 spiro atoms. The predicted molar refractivity (Wildman–Crippen MR) is 61.6 cm³/mol. The molecule has 0 aliphatic heterocycles. The molecule has 0 bridgehead atoms. The Kier molecular flexibility index (Phi) is 5.19. The van der Waals surface area contributed by atoms with Gasteiger partial charge in [0.1, 0.15) is 5.82 Å². The summed E-state index contributed by atoms with van der Waals surface area (Å²) in [5.74, 6) is -1.54. The fourth-order valence-corrected chi connectivity index (χ4v) is 1.44. The number of nitro benzene ring substituents is 1. The number of nitro groups is 1. The Hall–Kier alpha value is -2.02. The second-order valence-corrected chi connectivity index (χ2v) is 3.75. The molecule has 98 valence electrons. The summed E-state index contributed by atoms with van der Waals surface area (Å²) in [7, 11) is 0. The van der Waals surface area contributed by atoms with E-state index < -0.39 is 16.7 Å². The number of hydrogen-bond acceptors (Lipinski definition) is 4. The molecule has 0 saturated heterocycles. The van der Waals surface area contributed by atoms with Gasteiger partial charge in [-0.05, 0) is 24.6 Å². The third kappa shape index (κ3) is 4.88. The molecule has 6 nitrogen and oxygen atoms in total. The number of nitrogens with zero attached hydrogens (tertiary/aromatic N) is 1. The van der Waals surface area contributed by atoms with Gasteiger partial charge in [-0.1, -0.05) is 0 Å². The highest BCUT2D eigenvalue weighted by Gasteiger charge is 2.09. The van der Waals surface area contributed by atoms with E-state index in [9.17, 15) is 19.3 Å². The lowest BCUT2D eigenvalue weighted by atomic mass is 10.2. The minimum Gasteiger partial charge on any atom is -0.481 e. The number of non-ortho nitro benzene ring substituents is 1. The smallest absolute Gasteiger partial charge is 0.303 e. The first-order valence-corrected chi connectivity index (χ1v) is 5.35. The summed E-state index contributed by atoms with van der Waals surface area (Å²) in [6, 6.07) is 3.35. The maximum Gasteiger partial charge on any atom is 0.303 e. The van der Waals surface area contributed by atoms with Gasteiger partial charge in [0, 0.05) is 19.0 Å². The molecule has 2 N–H and O–H groups in total. The standard InChI is InChI=1S/C11H13FN2O4/c12-9-4-8(5-10(6-9)14(17)18)7-13-3-1-2-11(15)16/h4-6,13H,1-3,7H2,(H,15,16). The predicted octanol–water partition coefficient (Wildman–Crippen LogP) is 1.69. The number of halogens is 1. The van der Waals surface area contributed by atoms with Crippen molar-refractivity contribution in [3.05, 3.63) is 39.7 Å². The van der Waals surface area contributed by atoms with Crippen molar-refractivity contribution >= 4 is 11.7 Å². The third-order valence-corrected chi connectivity index (χ3v) is 2.23. The quantitative estimate of drug-likeness (QED) is 0.440. The summed E-state index contributed by atoms with van der Waals surface area (Å²) in [5, 5.41) is 21.8. The van der Waals surface area contributed by atoms with Gasteiger partial charge in [0.2, 0.25) is 0 Å². The van der Waals surface area contributed by atoms with Crippen LogP contribution < -0.4 is 5.32 Å². The van der Waals surface area contributed by atoms with Crippen molar-refractivity contribution in [1.29, 1.82) is 0 Å². The molecule has 18 heavy (non-hydrogen) atoms. The number of rotatable bonds is 7. The molecule has 0 aliphatic carbocycles. The highest BCUT2D eigenvalue weighted by molar-refractivity contribution is 5.66. The number of carboxylic acids is 1. The van der Waals surface area contributed by atoms with Gasteiger partial charge < -0.3 is 10.4 Å². The molecule has 0 aromatic heterocycles. The van der Waals surface area contributed by atoms with Gasteiger partial charge in [-0.25, -0.2) is 4.39 Å². The number of benzene rings is 1. The summed E-state index contributed by atoms with van der Waals surface area (Å²) >= 11 is 0. The molecule has 0 amide bonds. The topological polar surface area (TPSA) is 92.5 Å². The van der Waals surface area contributed by atoms with Crippen LogP contribution in [0.15, 0.2) is 18.2 Å². The Balaban J connectivity index is 2.47. The molecule has 1 aromatic rings. The summed E-state index contributed by atoms with van der Waals surface area (Å²) in [4.78, 5) is 20.1. The Morgan fingerprint density at radius 1 is 1.44 bits per heavy atom. The number of aliphatic carboxylic acids is 1. The van der Waals surface area contributed by atoms with Crippen molar-refractivity contribution in [2.45, 2.75) is 19.4 Å². The molecular weight excluding hydrogens is 243 g/mol. The van der Waals surface area contributed by atoms with Gasteiger partial charge in [0.25, 0.3) is 5.69 Å². The summed E-state index contributed by atoms with van der Waals surface area (Å²) in [6.07, 6.45) is 0.503. The summed E-state index contributed by atoms with van der Waals surface area (Å²) < 4.78 is 13.1. The van der Waals surface area contributed by atoms with Crippen LogP contribution in [-0.2, 0) is 11.3 Å². The van der Waals surface area contributed by atoms with Crippen LogP contribution in [0.1, 0.15) is 18.4 Å². The molecule has 0 atom stereocenters. The molecule has 0 aliphatic rings. The van der Waals surface area contributed by atoms with Crippen molar-refractivity contribution in [2.24, 2.45) is 0 Å². The van der Waals surface area contributed by atoms with E-state index in [0.29, 0.717) is 18.5 Å². The lowest BCUT2D eigenvalue weighted by Gasteiger charge is -2.04. The first-order chi connectivity index (χ1) is 8.49. The average Bonchev–Trinajstić information content (AvgIpc) is 2.27. The molecule has 0 heterocycles. The first kappa shape index (κ1) is 14.0. The van der Waals surface area contributed by atoms with Crippen LogP contribution >= 0.6 is 0 Å². The molecule has 0 radical (unpaired) electrons. The molecule has 7 heteroatoms. The highest BCUT2D eigenvalue weighted by Crippen LogP contribution is 2.16. The van der Waals surface area contributed by atoms with E-state index in [0.717, 1.165) is 6.07 Å². The van der Waals surface area contributed by atoms with Crippen LogP contribution in [0.2, 0.25) is 0 Å². The Morgan fingerprint density at radius 3 is 2.78 bits per heavy atom. The van der Waals surface area contributed by atoms with Gasteiger partial charge in [0.05, 0.1) is 11.0 Å². The maximum absolute atomic E-state index is 13.1. The van der Waals surface area contributed by atoms with Gasteiger partial charge in [-0.2, -0.15) is 0 Å². The largest absolute Gasteiger partial charge is 0.481 e. The van der Waals surface area contributed by atoms with Gasteiger partial charge >= 0.3 is 5.97 Å². The second kappa shape index (κ2) is 6.65. The van der Waals surface area contributed by atoms with Crippen LogP contribution in [0.5, 0.6) is 0 Å². The van der Waals surface area contributed by atoms with Crippen LogP contribution in [0.25, 0.3) is 0 Å². The van der Waals surface area contributed by atoms with Gasteiger partial charge in [-0.15, -0.1) is 0 Å². The van der Waals surface area contributed by atoms with E-state index in [1.165, 1.54) is 12.1 Å². The van der Waals surface area contributed by atoms with Crippen LogP contribution in [0.3, 0.4) is 0 Å². The normalized spacial score (nSPS) is 10.3. The highest BCUT2D eigenvalue weighted by atomic mass is 19.1. The maximum atomic E-state index is 13.1. The Morgan fingerprint density at radius 2 is 2.17 bits per heavy atom. The third-order valence-electron chi connectivity index (χ3n) is 2.23. The van der Waals surface area contributed by atoms with Crippen LogP contribution in [0, 0.1) is 15.9 Å². The minimum absolute atomic E-state index is 0.0519. The molecule has 0 unspecified atom stereocenters. The molecule has 1 aromatic carbocycles. The van der Waals surface area contributed by atoms with E-state index >= 15 is 0 Å². The SMILES string of the molecule is O=C(O)CCCNCc1cc(F)cc([N+](=O)[O-])c1. The number of carboxylic acid groups (broad SMARTS) is 1. The van der Waals surface area contributed by atoms with E-state index in [-0.39, 0.29) is 18.7 Å². The van der Waals surface area contributed by atoms with Gasteiger partial charge in [-0.3, -0.25) is 14.9 Å². The zero-order valence-corrected chi connectivity index (χ0v) is 9.56. The lowest BCUT2D eigenvalue weighted by Crippen LogP contribution is -2.16. The van der Waals surface area contributed by atoms with Crippen molar-refractivity contribution < 1.29 is 19.2 Å².